The van der Waals surface area contributed by atoms with Crippen molar-refractivity contribution in [2.24, 2.45) is 0 Å². The number of hydrogen-bond acceptors (Lipinski definition) is 3. The number of carbonyl (C=O) groups excluding carboxylic acids is 1. The summed E-state index contributed by atoms with van der Waals surface area (Å²) in [6, 6.07) is 17.4. The monoisotopic (exact) mass is 446 g/mol. The van der Waals surface area contributed by atoms with E-state index in [0.29, 0.717) is 24.4 Å². The van der Waals surface area contributed by atoms with Gasteiger partial charge >= 0.3 is 0 Å². The van der Waals surface area contributed by atoms with E-state index in [1.807, 2.05) is 49.4 Å². The molecule has 1 unspecified atom stereocenters. The van der Waals surface area contributed by atoms with Gasteiger partial charge in [-0.15, -0.1) is 0 Å². The van der Waals surface area contributed by atoms with Crippen LogP contribution in [0.3, 0.4) is 0 Å². The summed E-state index contributed by atoms with van der Waals surface area (Å²) in [5.74, 6) is 0.811. The second kappa shape index (κ2) is 9.53. The van der Waals surface area contributed by atoms with Gasteiger partial charge in [-0.3, -0.25) is 9.78 Å². The summed E-state index contributed by atoms with van der Waals surface area (Å²) in [7, 11) is 0. The average Bonchev–Trinajstić information content (AvgIpc) is 3.10. The van der Waals surface area contributed by atoms with E-state index in [2.05, 4.69) is 40.8 Å². The highest BCUT2D eigenvalue weighted by Crippen LogP contribution is 2.26. The van der Waals surface area contributed by atoms with Crippen LogP contribution in [0.25, 0.3) is 11.0 Å². The van der Waals surface area contributed by atoms with Crippen LogP contribution in [-0.4, -0.2) is 27.0 Å². The molecule has 2 heterocycles. The molecular weight excluding hydrogens is 420 g/mol. The highest BCUT2D eigenvalue weighted by Gasteiger charge is 2.22. The number of benzene rings is 2. The molecule has 1 N–H and O–H groups in total. The number of imidazole rings is 1. The lowest BCUT2D eigenvalue weighted by Gasteiger charge is -2.18. The molecule has 0 aliphatic heterocycles. The average molecular weight is 447 g/mol. The van der Waals surface area contributed by atoms with Gasteiger partial charge in [0.15, 0.2) is 0 Å². The molecule has 1 amide bonds. The third-order valence-corrected chi connectivity index (χ3v) is 6.04. The quantitative estimate of drug-likeness (QED) is 0.423. The van der Waals surface area contributed by atoms with Crippen molar-refractivity contribution in [3.05, 3.63) is 94.0 Å². The summed E-state index contributed by atoms with van der Waals surface area (Å²) in [5, 5.41) is 3.75. The van der Waals surface area contributed by atoms with Gasteiger partial charge in [0.2, 0.25) is 5.91 Å². The van der Waals surface area contributed by atoms with Crippen molar-refractivity contribution in [2.75, 3.05) is 6.54 Å². The van der Waals surface area contributed by atoms with Crippen molar-refractivity contribution in [3.8, 4) is 0 Å². The van der Waals surface area contributed by atoms with Gasteiger partial charge < -0.3 is 9.88 Å². The molecule has 6 heteroatoms. The van der Waals surface area contributed by atoms with E-state index in [-0.39, 0.29) is 5.91 Å². The number of amides is 1. The van der Waals surface area contributed by atoms with Crippen molar-refractivity contribution in [1.82, 2.24) is 19.9 Å². The largest absolute Gasteiger partial charge is 0.354 e. The predicted octanol–water partition coefficient (Wildman–Crippen LogP) is 5.21. The summed E-state index contributed by atoms with van der Waals surface area (Å²) in [4.78, 5) is 22.3. The number of nitrogens with one attached hydrogen (secondary N) is 1. The standard InChI is InChI=1S/C26H27ClN4O/c1-17-13-23-24(14-18(17)2)31(25(30-23)16-20-7-6-8-21(27)15-20)19(3)26(32)29-12-10-22-9-4-5-11-28-22/h4-9,11,13-15,19H,10,12,16H2,1-3H3,(H,29,32). The smallest absolute Gasteiger partial charge is 0.242 e. The van der Waals surface area contributed by atoms with Crippen molar-refractivity contribution in [3.63, 3.8) is 0 Å². The van der Waals surface area contributed by atoms with Crippen molar-refractivity contribution < 1.29 is 4.79 Å². The van der Waals surface area contributed by atoms with E-state index in [9.17, 15) is 4.79 Å². The Balaban J connectivity index is 1.62. The van der Waals surface area contributed by atoms with Crippen LogP contribution in [0, 0.1) is 13.8 Å². The second-order valence-electron chi connectivity index (χ2n) is 8.17. The highest BCUT2D eigenvalue weighted by molar-refractivity contribution is 6.30. The molecule has 2 aromatic carbocycles. The topological polar surface area (TPSA) is 59.8 Å². The van der Waals surface area contributed by atoms with E-state index >= 15 is 0 Å². The van der Waals surface area contributed by atoms with E-state index in [1.54, 1.807) is 6.20 Å². The van der Waals surface area contributed by atoms with E-state index in [4.69, 9.17) is 16.6 Å². The molecule has 1 atom stereocenters. The number of halogens is 1. The van der Waals surface area contributed by atoms with E-state index in [1.165, 1.54) is 11.1 Å². The van der Waals surface area contributed by atoms with Crippen LogP contribution in [-0.2, 0) is 17.6 Å². The molecule has 0 radical (unpaired) electrons. The van der Waals surface area contributed by atoms with Crippen molar-refractivity contribution >= 4 is 28.5 Å². The zero-order valence-electron chi connectivity index (χ0n) is 18.6. The lowest BCUT2D eigenvalue weighted by molar-refractivity contribution is -0.123. The summed E-state index contributed by atoms with van der Waals surface area (Å²) < 4.78 is 2.05. The lowest BCUT2D eigenvalue weighted by atomic mass is 10.1. The van der Waals surface area contributed by atoms with Crippen LogP contribution in [0.1, 0.15) is 41.2 Å². The lowest BCUT2D eigenvalue weighted by Crippen LogP contribution is -2.33. The molecule has 0 aliphatic rings. The molecule has 32 heavy (non-hydrogen) atoms. The van der Waals surface area contributed by atoms with Crippen molar-refractivity contribution in [1.29, 1.82) is 0 Å². The summed E-state index contributed by atoms with van der Waals surface area (Å²) >= 11 is 6.20. The molecule has 164 valence electrons. The first-order valence-corrected chi connectivity index (χ1v) is 11.2. The fraction of sp³-hybridized carbons (Fsp3) is 0.269. The number of rotatable bonds is 7. The minimum absolute atomic E-state index is 0.0363. The molecule has 0 aliphatic carbocycles. The third kappa shape index (κ3) is 4.83. The molecule has 0 saturated heterocycles. The Morgan fingerprint density at radius 3 is 2.66 bits per heavy atom. The first kappa shape index (κ1) is 22.0. The zero-order chi connectivity index (χ0) is 22.7. The number of aryl methyl sites for hydroxylation is 2. The molecule has 0 saturated carbocycles. The molecule has 4 rings (SSSR count). The minimum atomic E-state index is -0.403. The summed E-state index contributed by atoms with van der Waals surface area (Å²) in [5.41, 5.74) is 6.25. The molecule has 5 nitrogen and oxygen atoms in total. The maximum absolute atomic E-state index is 13.1. The number of nitrogens with zero attached hydrogens (tertiary/aromatic N) is 3. The fourth-order valence-corrected chi connectivity index (χ4v) is 4.12. The highest BCUT2D eigenvalue weighted by atomic mass is 35.5. The second-order valence-corrected chi connectivity index (χ2v) is 8.60. The SMILES string of the molecule is Cc1cc2nc(Cc3cccc(Cl)c3)n(C(C)C(=O)NCCc3ccccn3)c2cc1C. The van der Waals surface area contributed by atoms with Gasteiger partial charge in [-0.2, -0.15) is 0 Å². The molecule has 0 spiro atoms. The van der Waals surface area contributed by atoms with E-state index in [0.717, 1.165) is 28.1 Å². The van der Waals surface area contributed by atoms with Crippen LogP contribution in [0.15, 0.2) is 60.8 Å². The third-order valence-electron chi connectivity index (χ3n) is 5.80. The number of carbonyl (C=O) groups is 1. The summed E-state index contributed by atoms with van der Waals surface area (Å²) in [6.45, 7) is 6.63. The van der Waals surface area contributed by atoms with E-state index < -0.39 is 6.04 Å². The maximum atomic E-state index is 13.1. The van der Waals surface area contributed by atoms with Gasteiger partial charge in [-0.05, 0) is 73.9 Å². The normalized spacial score (nSPS) is 12.1. The first-order chi connectivity index (χ1) is 15.4. The predicted molar refractivity (Wildman–Crippen MR) is 129 cm³/mol. The summed E-state index contributed by atoms with van der Waals surface area (Å²) in [6.07, 6.45) is 3.06. The Kier molecular flexibility index (Phi) is 6.56. The minimum Gasteiger partial charge on any atom is -0.354 e. The number of hydrogen-bond donors (Lipinski definition) is 1. The Bertz CT molecular complexity index is 1250. The van der Waals surface area contributed by atoms with Gasteiger partial charge in [0.25, 0.3) is 0 Å². The van der Waals surface area contributed by atoms with Crippen LogP contribution in [0.2, 0.25) is 5.02 Å². The first-order valence-electron chi connectivity index (χ1n) is 10.8. The molecular formula is C26H27ClN4O. The maximum Gasteiger partial charge on any atom is 0.242 e. The van der Waals surface area contributed by atoms with Crippen LogP contribution in [0.5, 0.6) is 0 Å². The van der Waals surface area contributed by atoms with Gasteiger partial charge in [0.1, 0.15) is 11.9 Å². The Hall–Kier alpha value is -3.18. The van der Waals surface area contributed by atoms with Crippen LogP contribution < -0.4 is 5.32 Å². The van der Waals surface area contributed by atoms with Gasteiger partial charge in [-0.25, -0.2) is 4.98 Å². The fourth-order valence-electron chi connectivity index (χ4n) is 3.91. The molecule has 2 aromatic heterocycles. The molecule has 4 aromatic rings. The van der Waals surface area contributed by atoms with Crippen LogP contribution >= 0.6 is 11.6 Å². The van der Waals surface area contributed by atoms with Gasteiger partial charge in [0.05, 0.1) is 11.0 Å². The van der Waals surface area contributed by atoms with Gasteiger partial charge in [0, 0.05) is 36.3 Å². The number of fused-ring (bicyclic) bond motifs is 1. The Morgan fingerprint density at radius 1 is 1.09 bits per heavy atom. The van der Waals surface area contributed by atoms with Gasteiger partial charge in [-0.1, -0.05) is 29.8 Å². The molecule has 0 fully saturated rings. The van der Waals surface area contributed by atoms with Crippen LogP contribution in [0.4, 0.5) is 0 Å². The zero-order valence-corrected chi connectivity index (χ0v) is 19.4. The van der Waals surface area contributed by atoms with Crippen molar-refractivity contribution in [2.45, 2.75) is 39.7 Å². The Morgan fingerprint density at radius 2 is 1.91 bits per heavy atom. The number of pyridine rings is 1. The Labute approximate surface area is 193 Å². The molecule has 0 bridgehead atoms. The number of aromatic nitrogens is 3.